The number of rotatable bonds is 4. The zero-order valence-electron chi connectivity index (χ0n) is 12.5. The standard InChI is InChI=1S/C14H19FN4O2/c1-14(2,12(20)17-3)7-19-10-6-11(21-4)8(15)5-9(10)18-13(19)16/h5-6H,7H2,1-4H3,(H2,16,18)(H,17,20). The molecule has 0 aliphatic carbocycles. The molecule has 0 bridgehead atoms. The van der Waals surface area contributed by atoms with E-state index in [1.54, 1.807) is 25.5 Å². The van der Waals surface area contributed by atoms with Crippen LogP contribution >= 0.6 is 0 Å². The van der Waals surface area contributed by atoms with Gasteiger partial charge in [-0.25, -0.2) is 9.37 Å². The van der Waals surface area contributed by atoms with Crippen LogP contribution in [0.1, 0.15) is 13.8 Å². The number of anilines is 1. The summed E-state index contributed by atoms with van der Waals surface area (Å²) in [4.78, 5) is 16.0. The van der Waals surface area contributed by atoms with Crippen molar-refractivity contribution >= 4 is 22.9 Å². The van der Waals surface area contributed by atoms with Crippen LogP contribution in [0.3, 0.4) is 0 Å². The maximum atomic E-state index is 13.7. The van der Waals surface area contributed by atoms with Gasteiger partial charge in [0.15, 0.2) is 11.6 Å². The van der Waals surface area contributed by atoms with Crippen molar-refractivity contribution in [2.45, 2.75) is 20.4 Å². The van der Waals surface area contributed by atoms with Crippen LogP contribution in [-0.2, 0) is 11.3 Å². The summed E-state index contributed by atoms with van der Waals surface area (Å²) in [5.41, 5.74) is 6.27. The van der Waals surface area contributed by atoms with Crippen molar-refractivity contribution in [3.05, 3.63) is 17.9 Å². The molecule has 0 atom stereocenters. The third-order valence-corrected chi connectivity index (χ3v) is 3.45. The summed E-state index contributed by atoms with van der Waals surface area (Å²) in [6, 6.07) is 2.81. The van der Waals surface area contributed by atoms with Crippen molar-refractivity contribution in [3.63, 3.8) is 0 Å². The van der Waals surface area contributed by atoms with Crippen molar-refractivity contribution in [3.8, 4) is 5.75 Å². The van der Waals surface area contributed by atoms with Crippen LogP contribution in [0.15, 0.2) is 12.1 Å². The van der Waals surface area contributed by atoms with Gasteiger partial charge in [0.2, 0.25) is 11.9 Å². The largest absolute Gasteiger partial charge is 0.494 e. The van der Waals surface area contributed by atoms with Gasteiger partial charge in [0, 0.05) is 25.7 Å². The number of halogens is 1. The highest BCUT2D eigenvalue weighted by Gasteiger charge is 2.29. The normalized spacial score (nSPS) is 11.7. The quantitative estimate of drug-likeness (QED) is 0.896. The molecule has 0 saturated carbocycles. The maximum absolute atomic E-state index is 13.7. The number of hydrogen-bond donors (Lipinski definition) is 2. The second kappa shape index (κ2) is 5.23. The van der Waals surface area contributed by atoms with Gasteiger partial charge in [0.25, 0.3) is 0 Å². The molecule has 0 fully saturated rings. The predicted molar refractivity (Wildman–Crippen MR) is 78.5 cm³/mol. The van der Waals surface area contributed by atoms with Gasteiger partial charge in [-0.2, -0.15) is 0 Å². The number of carbonyl (C=O) groups excluding carboxylic acids is 1. The molecule has 0 unspecified atom stereocenters. The molecular formula is C14H19FN4O2. The number of nitrogens with one attached hydrogen (secondary N) is 1. The number of fused-ring (bicyclic) bond motifs is 1. The second-order valence-corrected chi connectivity index (χ2v) is 5.49. The van der Waals surface area contributed by atoms with Gasteiger partial charge in [-0.3, -0.25) is 4.79 Å². The SMILES string of the molecule is CNC(=O)C(C)(C)Cn1c(N)nc2cc(F)c(OC)cc21. The molecular weight excluding hydrogens is 275 g/mol. The number of aromatic nitrogens is 2. The number of imidazole rings is 1. The van der Waals surface area contributed by atoms with Crippen LogP contribution in [-0.4, -0.2) is 29.6 Å². The summed E-state index contributed by atoms with van der Waals surface area (Å²) < 4.78 is 20.4. The first-order valence-corrected chi connectivity index (χ1v) is 6.51. The van der Waals surface area contributed by atoms with Crippen molar-refractivity contribution in [2.24, 2.45) is 5.41 Å². The minimum absolute atomic E-state index is 0.112. The van der Waals surface area contributed by atoms with E-state index in [1.807, 2.05) is 0 Å². The molecule has 1 heterocycles. The first kappa shape index (κ1) is 15.1. The second-order valence-electron chi connectivity index (χ2n) is 5.49. The number of ether oxygens (including phenoxy) is 1. The number of nitrogens with two attached hydrogens (primary N) is 1. The maximum Gasteiger partial charge on any atom is 0.227 e. The highest BCUT2D eigenvalue weighted by molar-refractivity contribution is 5.83. The van der Waals surface area contributed by atoms with E-state index in [4.69, 9.17) is 10.5 Å². The van der Waals surface area contributed by atoms with Crippen molar-refractivity contribution < 1.29 is 13.9 Å². The molecule has 21 heavy (non-hydrogen) atoms. The minimum Gasteiger partial charge on any atom is -0.494 e. The highest BCUT2D eigenvalue weighted by atomic mass is 19.1. The van der Waals surface area contributed by atoms with Gasteiger partial charge < -0.3 is 20.4 Å². The lowest BCUT2D eigenvalue weighted by atomic mass is 9.92. The number of hydrogen-bond acceptors (Lipinski definition) is 4. The van der Waals surface area contributed by atoms with Crippen LogP contribution in [0.4, 0.5) is 10.3 Å². The predicted octanol–water partition coefficient (Wildman–Crippen LogP) is 1.54. The fraction of sp³-hybridized carbons (Fsp3) is 0.429. The Morgan fingerprint density at radius 2 is 2.19 bits per heavy atom. The molecule has 1 amide bonds. The monoisotopic (exact) mass is 294 g/mol. The molecule has 0 spiro atoms. The Morgan fingerprint density at radius 1 is 1.52 bits per heavy atom. The van der Waals surface area contributed by atoms with Crippen LogP contribution in [0.2, 0.25) is 0 Å². The summed E-state index contributed by atoms with van der Waals surface area (Å²) in [6.45, 7) is 3.93. The number of benzene rings is 1. The van der Waals surface area contributed by atoms with Crippen LogP contribution in [0.5, 0.6) is 5.75 Å². The van der Waals surface area contributed by atoms with Gasteiger partial charge in [0.1, 0.15) is 0 Å². The Balaban J connectivity index is 2.53. The van der Waals surface area contributed by atoms with Gasteiger partial charge in [-0.05, 0) is 13.8 Å². The third-order valence-electron chi connectivity index (χ3n) is 3.45. The van der Waals surface area contributed by atoms with E-state index in [1.165, 1.54) is 19.2 Å². The van der Waals surface area contributed by atoms with Gasteiger partial charge in [0.05, 0.1) is 23.6 Å². The lowest BCUT2D eigenvalue weighted by molar-refractivity contribution is -0.129. The molecule has 6 nitrogen and oxygen atoms in total. The molecule has 0 saturated heterocycles. The van der Waals surface area contributed by atoms with Gasteiger partial charge in [-0.1, -0.05) is 0 Å². The molecule has 0 radical (unpaired) electrons. The van der Waals surface area contributed by atoms with E-state index in [2.05, 4.69) is 10.3 Å². The van der Waals surface area contributed by atoms with Gasteiger partial charge >= 0.3 is 0 Å². The van der Waals surface area contributed by atoms with Crippen molar-refractivity contribution in [1.82, 2.24) is 14.9 Å². The molecule has 0 aliphatic rings. The van der Waals surface area contributed by atoms with E-state index in [9.17, 15) is 9.18 Å². The highest BCUT2D eigenvalue weighted by Crippen LogP contribution is 2.29. The summed E-state index contributed by atoms with van der Waals surface area (Å²) in [5, 5.41) is 2.62. The van der Waals surface area contributed by atoms with Crippen LogP contribution in [0, 0.1) is 11.2 Å². The smallest absolute Gasteiger partial charge is 0.227 e. The molecule has 0 aliphatic heterocycles. The number of methoxy groups -OCH3 is 1. The Kier molecular flexibility index (Phi) is 3.76. The molecule has 114 valence electrons. The Morgan fingerprint density at radius 3 is 2.76 bits per heavy atom. The number of amides is 1. The van der Waals surface area contributed by atoms with Crippen molar-refractivity contribution in [2.75, 3.05) is 19.9 Å². The van der Waals surface area contributed by atoms with E-state index in [0.29, 0.717) is 17.6 Å². The zero-order chi connectivity index (χ0) is 15.8. The summed E-state index contributed by atoms with van der Waals surface area (Å²) in [5.74, 6) is -0.269. The molecule has 2 rings (SSSR count). The molecule has 1 aromatic carbocycles. The summed E-state index contributed by atoms with van der Waals surface area (Å²) >= 11 is 0. The summed E-state index contributed by atoms with van der Waals surface area (Å²) in [7, 11) is 2.97. The lowest BCUT2D eigenvalue weighted by Gasteiger charge is -2.24. The third kappa shape index (κ3) is 2.63. The zero-order valence-corrected chi connectivity index (χ0v) is 12.5. The average molecular weight is 294 g/mol. The Hall–Kier alpha value is -2.31. The number of nitrogens with zero attached hydrogens (tertiary/aromatic N) is 2. The molecule has 3 N–H and O–H groups in total. The van der Waals surface area contributed by atoms with E-state index < -0.39 is 11.2 Å². The summed E-state index contributed by atoms with van der Waals surface area (Å²) in [6.07, 6.45) is 0. The first-order valence-electron chi connectivity index (χ1n) is 6.51. The fourth-order valence-corrected chi connectivity index (χ4v) is 2.27. The minimum atomic E-state index is -0.682. The number of nitrogen functional groups attached to an aromatic ring is 1. The van der Waals surface area contributed by atoms with E-state index in [-0.39, 0.29) is 17.6 Å². The van der Waals surface area contributed by atoms with E-state index >= 15 is 0 Å². The first-order chi connectivity index (χ1) is 9.80. The fourth-order valence-electron chi connectivity index (χ4n) is 2.27. The average Bonchev–Trinajstić information content (AvgIpc) is 2.71. The lowest BCUT2D eigenvalue weighted by Crippen LogP contribution is -2.37. The molecule has 2 aromatic rings. The van der Waals surface area contributed by atoms with Crippen molar-refractivity contribution in [1.29, 1.82) is 0 Å². The van der Waals surface area contributed by atoms with E-state index in [0.717, 1.165) is 0 Å². The Bertz CT molecular complexity index is 694. The van der Waals surface area contributed by atoms with Crippen LogP contribution < -0.4 is 15.8 Å². The van der Waals surface area contributed by atoms with Gasteiger partial charge in [-0.15, -0.1) is 0 Å². The molecule has 1 aromatic heterocycles. The topological polar surface area (TPSA) is 82.2 Å². The van der Waals surface area contributed by atoms with Crippen LogP contribution in [0.25, 0.3) is 11.0 Å². The Labute approximate surface area is 122 Å². The number of carbonyl (C=O) groups is 1. The molecule has 7 heteroatoms.